The molecule has 0 aromatic heterocycles. The first-order valence-electron chi connectivity index (χ1n) is 12.6. The highest BCUT2D eigenvalue weighted by molar-refractivity contribution is 7.67. The molecular formula is C25H40BF4NOP-. The maximum Gasteiger partial charge on any atom is 0.673 e. The van der Waals surface area contributed by atoms with Gasteiger partial charge in [-0.05, 0) is 76.1 Å². The van der Waals surface area contributed by atoms with E-state index in [1.807, 2.05) is 0 Å². The third kappa shape index (κ3) is 8.89. The summed E-state index contributed by atoms with van der Waals surface area (Å²) in [6.45, 7) is 8.58. The molecule has 1 amide bonds. The molecule has 0 unspecified atom stereocenters. The van der Waals surface area contributed by atoms with E-state index in [4.69, 9.17) is 0 Å². The van der Waals surface area contributed by atoms with Crippen LogP contribution in [0.3, 0.4) is 0 Å². The smallest absolute Gasteiger partial charge is 0.418 e. The predicted molar refractivity (Wildman–Crippen MR) is 133 cm³/mol. The largest absolute Gasteiger partial charge is 0.673 e. The van der Waals surface area contributed by atoms with Gasteiger partial charge in [-0.25, -0.2) is 0 Å². The Kier molecular flexibility index (Phi) is 11.2. The van der Waals surface area contributed by atoms with Gasteiger partial charge >= 0.3 is 7.25 Å². The number of carbonyl (C=O) groups excluding carboxylic acids is 1. The van der Waals surface area contributed by atoms with E-state index in [9.17, 15) is 22.1 Å². The summed E-state index contributed by atoms with van der Waals surface area (Å²) in [6, 6.07) is 9.16. The number of benzene rings is 1. The fourth-order valence-electron chi connectivity index (χ4n) is 5.49. The van der Waals surface area contributed by atoms with E-state index >= 15 is 0 Å². The highest BCUT2D eigenvalue weighted by atomic mass is 31.1. The minimum Gasteiger partial charge on any atom is -0.418 e. The fraction of sp³-hybridized carbons (Fsp3) is 0.720. The topological polar surface area (TPSA) is 20.3 Å². The molecule has 0 spiro atoms. The molecule has 1 aromatic rings. The van der Waals surface area contributed by atoms with Crippen molar-refractivity contribution in [2.75, 3.05) is 0 Å². The van der Waals surface area contributed by atoms with Gasteiger partial charge in [0.15, 0.2) is 0 Å². The number of hydrogen-bond acceptors (Lipinski definition) is 1. The number of hydrogen-bond donors (Lipinski definition) is 0. The van der Waals surface area contributed by atoms with Crippen molar-refractivity contribution in [2.24, 2.45) is 0 Å². The summed E-state index contributed by atoms with van der Waals surface area (Å²) >= 11 is 0. The van der Waals surface area contributed by atoms with Gasteiger partial charge in [0.2, 0.25) is 0 Å². The number of carbonyl (C=O) groups is 1. The van der Waals surface area contributed by atoms with E-state index in [1.54, 1.807) is 0 Å². The Morgan fingerprint density at radius 1 is 0.818 bits per heavy atom. The maximum absolute atomic E-state index is 13.7. The summed E-state index contributed by atoms with van der Waals surface area (Å²) in [6.07, 6.45) is 13.9. The molecule has 0 saturated heterocycles. The van der Waals surface area contributed by atoms with Crippen molar-refractivity contribution >= 4 is 26.4 Å². The monoisotopic (exact) mass is 488 g/mol. The van der Waals surface area contributed by atoms with E-state index in [0.29, 0.717) is 0 Å². The van der Waals surface area contributed by atoms with Gasteiger partial charge in [0.25, 0.3) is 5.91 Å². The third-order valence-electron chi connectivity index (χ3n) is 6.70. The Bertz CT molecular complexity index is 699. The molecule has 2 aliphatic rings. The van der Waals surface area contributed by atoms with Crippen LogP contribution in [0.2, 0.25) is 0 Å². The van der Waals surface area contributed by atoms with Crippen LogP contribution in [0.25, 0.3) is 0 Å². The molecule has 0 aliphatic heterocycles. The second-order valence-electron chi connectivity index (χ2n) is 9.90. The molecule has 2 aliphatic carbocycles. The van der Waals surface area contributed by atoms with Crippen molar-refractivity contribution in [3.05, 3.63) is 29.8 Å². The van der Waals surface area contributed by atoms with Gasteiger partial charge in [-0.15, -0.1) is 0 Å². The van der Waals surface area contributed by atoms with Gasteiger partial charge < -0.3 is 22.2 Å². The lowest BCUT2D eigenvalue weighted by molar-refractivity contribution is 0.0645. The Balaban J connectivity index is 0.000000696. The van der Waals surface area contributed by atoms with Gasteiger partial charge in [0.05, 0.1) is 0 Å². The number of rotatable bonds is 6. The Morgan fingerprint density at radius 2 is 1.21 bits per heavy atom. The second kappa shape index (κ2) is 13.1. The van der Waals surface area contributed by atoms with Crippen LogP contribution in [0.1, 0.15) is 102 Å². The van der Waals surface area contributed by atoms with Gasteiger partial charge in [0, 0.05) is 17.6 Å². The SMILES string of the molecule is CC(C)N(C(=O)c1ccccc1P(C1CCCCC1)C1CCCCC1)C(C)C.F[B-](F)(F)F. The fourth-order valence-corrected chi connectivity index (χ4v) is 9.43. The van der Waals surface area contributed by atoms with Crippen molar-refractivity contribution in [1.82, 2.24) is 4.90 Å². The third-order valence-corrected chi connectivity index (χ3v) is 10.2. The van der Waals surface area contributed by atoms with Crippen molar-refractivity contribution in [2.45, 2.75) is 115 Å². The number of nitrogens with zero attached hydrogens (tertiary/aromatic N) is 1. The minimum absolute atomic E-state index is 0.233. The highest BCUT2D eigenvalue weighted by Gasteiger charge is 2.35. The molecular weight excluding hydrogens is 448 g/mol. The van der Waals surface area contributed by atoms with Crippen LogP contribution in [0.4, 0.5) is 17.3 Å². The first-order valence-corrected chi connectivity index (χ1v) is 14.1. The van der Waals surface area contributed by atoms with Crippen LogP contribution in [-0.4, -0.2) is 41.5 Å². The van der Waals surface area contributed by atoms with Gasteiger partial charge in [-0.3, -0.25) is 4.79 Å². The Labute approximate surface area is 198 Å². The zero-order valence-electron chi connectivity index (χ0n) is 20.6. The molecule has 0 radical (unpaired) electrons. The van der Waals surface area contributed by atoms with Gasteiger partial charge in [0.1, 0.15) is 0 Å². The summed E-state index contributed by atoms with van der Waals surface area (Å²) in [5.74, 6) is 0.250. The normalized spacial score (nSPS) is 18.4. The first-order chi connectivity index (χ1) is 15.5. The molecule has 188 valence electrons. The van der Waals surface area contributed by atoms with E-state index in [0.717, 1.165) is 16.9 Å². The molecule has 8 heteroatoms. The minimum atomic E-state index is -6.00. The average Bonchev–Trinajstić information content (AvgIpc) is 2.74. The number of amides is 1. The van der Waals surface area contributed by atoms with Crippen molar-refractivity contribution in [3.63, 3.8) is 0 Å². The summed E-state index contributed by atoms with van der Waals surface area (Å²) in [7, 11) is -6.26. The van der Waals surface area contributed by atoms with Gasteiger partial charge in [-0.2, -0.15) is 0 Å². The van der Waals surface area contributed by atoms with Crippen LogP contribution in [0, 0.1) is 0 Å². The van der Waals surface area contributed by atoms with Crippen LogP contribution < -0.4 is 5.30 Å². The molecule has 0 bridgehead atoms. The molecule has 1 aromatic carbocycles. The molecule has 3 rings (SSSR count). The molecule has 2 nitrogen and oxygen atoms in total. The summed E-state index contributed by atoms with van der Waals surface area (Å²) in [4.78, 5) is 15.7. The highest BCUT2D eigenvalue weighted by Crippen LogP contribution is 2.55. The Hall–Kier alpha value is -1.10. The van der Waals surface area contributed by atoms with Crippen molar-refractivity contribution in [1.29, 1.82) is 0 Å². The van der Waals surface area contributed by atoms with E-state index in [1.165, 1.54) is 69.5 Å². The van der Waals surface area contributed by atoms with E-state index < -0.39 is 7.25 Å². The molecule has 2 saturated carbocycles. The lowest BCUT2D eigenvalue weighted by Gasteiger charge is -2.40. The lowest BCUT2D eigenvalue weighted by Crippen LogP contribution is -2.44. The van der Waals surface area contributed by atoms with Crippen molar-refractivity contribution < 1.29 is 22.1 Å². The van der Waals surface area contributed by atoms with E-state index in [2.05, 4.69) is 56.9 Å². The molecule has 2 fully saturated rings. The quantitative estimate of drug-likeness (QED) is 0.226. The second-order valence-corrected chi connectivity index (χ2v) is 12.7. The summed E-state index contributed by atoms with van der Waals surface area (Å²) < 4.78 is 39.0. The van der Waals surface area contributed by atoms with Crippen LogP contribution in [0.15, 0.2) is 24.3 Å². The van der Waals surface area contributed by atoms with Gasteiger partial charge in [-0.1, -0.05) is 64.6 Å². The first kappa shape index (κ1) is 28.1. The zero-order chi connectivity index (χ0) is 24.6. The Morgan fingerprint density at radius 3 is 1.61 bits per heavy atom. The summed E-state index contributed by atoms with van der Waals surface area (Å²) in [5, 5.41) is 1.42. The molecule has 0 atom stereocenters. The summed E-state index contributed by atoms with van der Waals surface area (Å²) in [5.41, 5.74) is 2.66. The van der Waals surface area contributed by atoms with Crippen LogP contribution in [-0.2, 0) is 0 Å². The zero-order valence-corrected chi connectivity index (χ0v) is 21.5. The maximum atomic E-state index is 13.7. The van der Waals surface area contributed by atoms with Crippen LogP contribution in [0.5, 0.6) is 0 Å². The predicted octanol–water partition coefficient (Wildman–Crippen LogP) is 8.02. The number of halogens is 4. The molecule has 0 heterocycles. The molecule has 33 heavy (non-hydrogen) atoms. The average molecular weight is 488 g/mol. The van der Waals surface area contributed by atoms with E-state index in [-0.39, 0.29) is 25.9 Å². The molecule has 0 N–H and O–H groups in total. The van der Waals surface area contributed by atoms with Crippen LogP contribution >= 0.6 is 7.92 Å². The van der Waals surface area contributed by atoms with Crippen molar-refractivity contribution in [3.8, 4) is 0 Å². The standard InChI is InChI=1S/C25H40NOP.BF4/c1-19(2)26(20(3)4)25(27)23-17-11-12-18-24(23)28(21-13-7-5-8-14-21)22-15-9-6-10-16-22;2-1(3,4)5/h11-12,17-22H,5-10,13-16H2,1-4H3;/q;-1. The lowest BCUT2D eigenvalue weighted by atomic mass is 9.99.